The Labute approximate surface area is 158 Å². The molecule has 6 heteroatoms. The second kappa shape index (κ2) is 8.89. The van der Waals surface area contributed by atoms with E-state index in [2.05, 4.69) is 10.4 Å². The van der Waals surface area contributed by atoms with Crippen LogP contribution in [0, 0.1) is 0 Å². The van der Waals surface area contributed by atoms with Crippen LogP contribution in [0.3, 0.4) is 0 Å². The van der Waals surface area contributed by atoms with E-state index in [0.29, 0.717) is 36.7 Å². The van der Waals surface area contributed by atoms with Gasteiger partial charge in [-0.15, -0.1) is 0 Å². The molecule has 0 spiro atoms. The number of carbonyl (C=O) groups excluding carboxylic acids is 1. The van der Waals surface area contributed by atoms with E-state index in [1.165, 1.54) is 0 Å². The first-order chi connectivity index (χ1) is 13.2. The molecule has 2 aromatic carbocycles. The lowest BCUT2D eigenvalue weighted by Gasteiger charge is -2.14. The standard InChI is InChI=1S/C21H23N3O3/c1-26-18-10-6-9-17(21(18)27-2)15-24-19(13-14-22-24)23-20(25)12-11-16-7-4-3-5-8-16/h3-10,13-14H,11-12,15H2,1-2H3,(H,23,25). The van der Waals surface area contributed by atoms with Crippen molar-refractivity contribution < 1.29 is 14.3 Å². The average molecular weight is 365 g/mol. The van der Waals surface area contributed by atoms with Crippen molar-refractivity contribution in [2.75, 3.05) is 19.5 Å². The first kappa shape index (κ1) is 18.5. The fourth-order valence-electron chi connectivity index (χ4n) is 2.91. The van der Waals surface area contributed by atoms with Gasteiger partial charge in [0.05, 0.1) is 27.0 Å². The van der Waals surface area contributed by atoms with Crippen LogP contribution in [0.25, 0.3) is 0 Å². The van der Waals surface area contributed by atoms with Crippen molar-refractivity contribution in [3.8, 4) is 11.5 Å². The average Bonchev–Trinajstić information content (AvgIpc) is 3.13. The minimum Gasteiger partial charge on any atom is -0.493 e. The molecule has 0 bridgehead atoms. The number of carbonyl (C=O) groups is 1. The lowest BCUT2D eigenvalue weighted by molar-refractivity contribution is -0.116. The third-order valence-electron chi connectivity index (χ3n) is 4.27. The van der Waals surface area contributed by atoms with Gasteiger partial charge in [-0.25, -0.2) is 4.68 Å². The predicted molar refractivity (Wildman–Crippen MR) is 104 cm³/mol. The number of benzene rings is 2. The van der Waals surface area contributed by atoms with Crippen molar-refractivity contribution in [3.63, 3.8) is 0 Å². The largest absolute Gasteiger partial charge is 0.493 e. The first-order valence-corrected chi connectivity index (χ1v) is 8.76. The van der Waals surface area contributed by atoms with Gasteiger partial charge in [0.1, 0.15) is 5.82 Å². The first-order valence-electron chi connectivity index (χ1n) is 8.76. The fraction of sp³-hybridized carbons (Fsp3) is 0.238. The summed E-state index contributed by atoms with van der Waals surface area (Å²) < 4.78 is 12.5. The summed E-state index contributed by atoms with van der Waals surface area (Å²) in [5, 5.41) is 7.26. The van der Waals surface area contributed by atoms with Gasteiger partial charge in [0.2, 0.25) is 5.91 Å². The van der Waals surface area contributed by atoms with E-state index in [4.69, 9.17) is 9.47 Å². The van der Waals surface area contributed by atoms with E-state index >= 15 is 0 Å². The zero-order valence-corrected chi connectivity index (χ0v) is 15.5. The molecule has 3 rings (SSSR count). The highest BCUT2D eigenvalue weighted by Gasteiger charge is 2.13. The molecular formula is C21H23N3O3. The number of para-hydroxylation sites is 1. The second-order valence-electron chi connectivity index (χ2n) is 6.06. The number of anilines is 1. The molecule has 0 saturated heterocycles. The van der Waals surface area contributed by atoms with Crippen LogP contribution in [-0.4, -0.2) is 29.9 Å². The summed E-state index contributed by atoms with van der Waals surface area (Å²) in [4.78, 5) is 12.3. The molecule has 140 valence electrons. The van der Waals surface area contributed by atoms with Crippen molar-refractivity contribution in [1.82, 2.24) is 9.78 Å². The monoisotopic (exact) mass is 365 g/mol. The van der Waals surface area contributed by atoms with E-state index in [0.717, 1.165) is 11.1 Å². The Morgan fingerprint density at radius 1 is 1.04 bits per heavy atom. The maximum Gasteiger partial charge on any atom is 0.225 e. The Bertz CT molecular complexity index is 891. The summed E-state index contributed by atoms with van der Waals surface area (Å²) in [6.45, 7) is 0.460. The van der Waals surface area contributed by atoms with Gasteiger partial charge in [-0.2, -0.15) is 5.10 Å². The maximum absolute atomic E-state index is 12.3. The molecule has 1 N–H and O–H groups in total. The molecule has 0 saturated carbocycles. The van der Waals surface area contributed by atoms with E-state index in [9.17, 15) is 4.79 Å². The van der Waals surface area contributed by atoms with E-state index in [-0.39, 0.29) is 5.91 Å². The van der Waals surface area contributed by atoms with Crippen LogP contribution in [0.15, 0.2) is 60.8 Å². The molecule has 6 nitrogen and oxygen atoms in total. The van der Waals surface area contributed by atoms with Crippen molar-refractivity contribution in [3.05, 3.63) is 71.9 Å². The predicted octanol–water partition coefficient (Wildman–Crippen LogP) is 3.52. The Kier molecular flexibility index (Phi) is 6.10. The minimum atomic E-state index is -0.0433. The van der Waals surface area contributed by atoms with E-state index < -0.39 is 0 Å². The zero-order valence-electron chi connectivity index (χ0n) is 15.5. The van der Waals surface area contributed by atoms with Crippen LogP contribution in [-0.2, 0) is 17.8 Å². The van der Waals surface area contributed by atoms with Crippen molar-refractivity contribution in [2.45, 2.75) is 19.4 Å². The molecule has 1 heterocycles. The highest BCUT2D eigenvalue weighted by molar-refractivity contribution is 5.89. The summed E-state index contributed by atoms with van der Waals surface area (Å²) in [6, 6.07) is 17.4. The third-order valence-corrected chi connectivity index (χ3v) is 4.27. The van der Waals surface area contributed by atoms with Crippen LogP contribution >= 0.6 is 0 Å². The van der Waals surface area contributed by atoms with Crippen LogP contribution in [0.2, 0.25) is 0 Å². The molecule has 0 fully saturated rings. The molecule has 27 heavy (non-hydrogen) atoms. The van der Waals surface area contributed by atoms with Gasteiger partial charge in [-0.1, -0.05) is 42.5 Å². The lowest BCUT2D eigenvalue weighted by Crippen LogP contribution is -2.16. The molecule has 0 aliphatic rings. The normalized spacial score (nSPS) is 10.4. The number of hydrogen-bond donors (Lipinski definition) is 1. The van der Waals surface area contributed by atoms with Gasteiger partial charge in [0.25, 0.3) is 0 Å². The number of methoxy groups -OCH3 is 2. The molecule has 3 aromatic rings. The number of aromatic nitrogens is 2. The Balaban J connectivity index is 1.67. The number of ether oxygens (including phenoxy) is 2. The van der Waals surface area contributed by atoms with Gasteiger partial charge in [0.15, 0.2) is 11.5 Å². The highest BCUT2D eigenvalue weighted by Crippen LogP contribution is 2.31. The Morgan fingerprint density at radius 3 is 2.59 bits per heavy atom. The molecule has 1 amide bonds. The number of amides is 1. The molecule has 1 aromatic heterocycles. The van der Waals surface area contributed by atoms with Gasteiger partial charge in [0, 0.05) is 18.1 Å². The van der Waals surface area contributed by atoms with Crippen LogP contribution in [0.4, 0.5) is 5.82 Å². The molecule has 0 radical (unpaired) electrons. The Hall–Kier alpha value is -3.28. The molecule has 0 unspecified atom stereocenters. The second-order valence-corrected chi connectivity index (χ2v) is 6.06. The summed E-state index contributed by atoms with van der Waals surface area (Å²) in [6.07, 6.45) is 2.78. The van der Waals surface area contributed by atoms with Gasteiger partial charge in [-0.3, -0.25) is 4.79 Å². The van der Waals surface area contributed by atoms with Gasteiger partial charge >= 0.3 is 0 Å². The van der Waals surface area contributed by atoms with Crippen molar-refractivity contribution in [1.29, 1.82) is 0 Å². The maximum atomic E-state index is 12.3. The quantitative estimate of drug-likeness (QED) is 0.663. The molecular weight excluding hydrogens is 342 g/mol. The van der Waals surface area contributed by atoms with Crippen molar-refractivity contribution >= 4 is 11.7 Å². The summed E-state index contributed by atoms with van der Waals surface area (Å²) in [5.74, 6) is 1.93. The molecule has 0 aliphatic carbocycles. The molecule has 0 aliphatic heterocycles. The molecule has 0 atom stereocenters. The summed E-state index contributed by atoms with van der Waals surface area (Å²) in [7, 11) is 3.21. The van der Waals surface area contributed by atoms with Crippen LogP contribution < -0.4 is 14.8 Å². The number of rotatable bonds is 8. The highest BCUT2D eigenvalue weighted by atomic mass is 16.5. The SMILES string of the molecule is COc1cccc(Cn2nccc2NC(=O)CCc2ccccc2)c1OC. The number of nitrogens with one attached hydrogen (secondary N) is 1. The number of aryl methyl sites for hydroxylation is 1. The van der Waals surface area contributed by atoms with Crippen molar-refractivity contribution in [2.24, 2.45) is 0 Å². The lowest BCUT2D eigenvalue weighted by atomic mass is 10.1. The van der Waals surface area contributed by atoms with E-state index in [1.54, 1.807) is 31.2 Å². The van der Waals surface area contributed by atoms with Crippen LogP contribution in [0.1, 0.15) is 17.5 Å². The van der Waals surface area contributed by atoms with Gasteiger partial charge < -0.3 is 14.8 Å². The minimum absolute atomic E-state index is 0.0433. The zero-order chi connectivity index (χ0) is 19.1. The van der Waals surface area contributed by atoms with E-state index in [1.807, 2.05) is 48.5 Å². The number of nitrogens with zero attached hydrogens (tertiary/aromatic N) is 2. The Morgan fingerprint density at radius 2 is 1.85 bits per heavy atom. The summed E-state index contributed by atoms with van der Waals surface area (Å²) >= 11 is 0. The topological polar surface area (TPSA) is 65.4 Å². The fourth-order valence-corrected chi connectivity index (χ4v) is 2.91. The number of hydrogen-bond acceptors (Lipinski definition) is 4. The summed E-state index contributed by atoms with van der Waals surface area (Å²) in [5.41, 5.74) is 2.06. The third kappa shape index (κ3) is 4.67. The van der Waals surface area contributed by atoms with Gasteiger partial charge in [-0.05, 0) is 18.1 Å². The van der Waals surface area contributed by atoms with Crippen LogP contribution in [0.5, 0.6) is 11.5 Å². The smallest absolute Gasteiger partial charge is 0.225 e.